The van der Waals surface area contributed by atoms with Crippen molar-refractivity contribution >= 4 is 28.5 Å². The van der Waals surface area contributed by atoms with Crippen LogP contribution < -0.4 is 0 Å². The monoisotopic (exact) mass is 196 g/mol. The Morgan fingerprint density at radius 2 is 2.31 bits per heavy atom. The third-order valence-electron chi connectivity index (χ3n) is 1.75. The first kappa shape index (κ1) is 8.07. The second kappa shape index (κ2) is 2.74. The SMILES string of the molecule is O=C(O)c1[nH]nc2c(Cl)cccc12. The zero-order chi connectivity index (χ0) is 9.42. The first-order valence-electron chi connectivity index (χ1n) is 3.56. The zero-order valence-corrected chi connectivity index (χ0v) is 7.17. The third-order valence-corrected chi connectivity index (χ3v) is 2.05. The van der Waals surface area contributed by atoms with Crippen LogP contribution in [0.25, 0.3) is 10.9 Å². The van der Waals surface area contributed by atoms with Crippen LogP contribution in [-0.2, 0) is 0 Å². The Kier molecular flexibility index (Phi) is 1.70. The van der Waals surface area contributed by atoms with Crippen molar-refractivity contribution in [2.24, 2.45) is 0 Å². The number of hydrogen-bond acceptors (Lipinski definition) is 2. The van der Waals surface area contributed by atoms with E-state index in [-0.39, 0.29) is 5.69 Å². The Balaban J connectivity index is 2.83. The van der Waals surface area contributed by atoms with Gasteiger partial charge >= 0.3 is 5.97 Å². The number of nitrogens with zero attached hydrogens (tertiary/aromatic N) is 1. The van der Waals surface area contributed by atoms with E-state index in [1.807, 2.05) is 0 Å². The predicted molar refractivity (Wildman–Crippen MR) is 48.1 cm³/mol. The second-order valence-corrected chi connectivity index (χ2v) is 2.95. The molecule has 13 heavy (non-hydrogen) atoms. The summed E-state index contributed by atoms with van der Waals surface area (Å²) in [7, 11) is 0. The van der Waals surface area contributed by atoms with Crippen LogP contribution in [-0.4, -0.2) is 21.3 Å². The van der Waals surface area contributed by atoms with E-state index in [0.717, 1.165) is 0 Å². The molecule has 0 aliphatic carbocycles. The Hall–Kier alpha value is -1.55. The molecule has 0 atom stereocenters. The summed E-state index contributed by atoms with van der Waals surface area (Å²) in [6.07, 6.45) is 0. The fourth-order valence-electron chi connectivity index (χ4n) is 1.17. The van der Waals surface area contributed by atoms with Gasteiger partial charge in [-0.15, -0.1) is 0 Å². The molecule has 66 valence electrons. The number of halogens is 1. The molecule has 0 aliphatic heterocycles. The molecule has 0 aliphatic rings. The Morgan fingerprint density at radius 3 is 3.00 bits per heavy atom. The van der Waals surface area contributed by atoms with Gasteiger partial charge in [-0.1, -0.05) is 23.7 Å². The molecule has 2 aromatic rings. The van der Waals surface area contributed by atoms with Gasteiger partial charge in [0.1, 0.15) is 5.52 Å². The van der Waals surface area contributed by atoms with Crippen molar-refractivity contribution in [1.29, 1.82) is 0 Å². The van der Waals surface area contributed by atoms with Crippen LogP contribution in [0.4, 0.5) is 0 Å². The lowest BCUT2D eigenvalue weighted by atomic mass is 10.2. The molecule has 1 aromatic carbocycles. The topological polar surface area (TPSA) is 66.0 Å². The van der Waals surface area contributed by atoms with Gasteiger partial charge in [-0.2, -0.15) is 5.10 Å². The fraction of sp³-hybridized carbons (Fsp3) is 0. The molecular formula is C8H5ClN2O2. The van der Waals surface area contributed by atoms with Gasteiger partial charge < -0.3 is 5.11 Å². The standard InChI is InChI=1S/C8H5ClN2O2/c9-5-3-1-2-4-6(5)10-11-7(4)8(12)13/h1-3H,(H,10,11)(H,12,13). The molecule has 0 fully saturated rings. The largest absolute Gasteiger partial charge is 0.477 e. The lowest BCUT2D eigenvalue weighted by molar-refractivity contribution is 0.0692. The number of carbonyl (C=O) groups is 1. The summed E-state index contributed by atoms with van der Waals surface area (Å²) < 4.78 is 0. The van der Waals surface area contributed by atoms with Gasteiger partial charge in [-0.25, -0.2) is 4.79 Å². The van der Waals surface area contributed by atoms with E-state index in [1.54, 1.807) is 18.2 Å². The van der Waals surface area contributed by atoms with Crippen LogP contribution in [0.15, 0.2) is 18.2 Å². The molecule has 0 amide bonds. The van der Waals surface area contributed by atoms with E-state index in [9.17, 15) is 4.79 Å². The molecular weight excluding hydrogens is 192 g/mol. The average molecular weight is 197 g/mol. The number of aromatic carboxylic acids is 1. The Morgan fingerprint density at radius 1 is 1.54 bits per heavy atom. The molecule has 0 saturated heterocycles. The number of hydrogen-bond donors (Lipinski definition) is 2. The smallest absolute Gasteiger partial charge is 0.354 e. The summed E-state index contributed by atoms with van der Waals surface area (Å²) in [5, 5.41) is 15.9. The van der Waals surface area contributed by atoms with Gasteiger partial charge in [-0.3, -0.25) is 5.10 Å². The minimum absolute atomic E-state index is 0.0671. The molecule has 4 nitrogen and oxygen atoms in total. The summed E-state index contributed by atoms with van der Waals surface area (Å²) in [6.45, 7) is 0. The predicted octanol–water partition coefficient (Wildman–Crippen LogP) is 1.91. The highest BCUT2D eigenvalue weighted by molar-refractivity contribution is 6.35. The van der Waals surface area contributed by atoms with Gasteiger partial charge in [0.25, 0.3) is 0 Å². The summed E-state index contributed by atoms with van der Waals surface area (Å²) in [4.78, 5) is 10.7. The maximum Gasteiger partial charge on any atom is 0.354 e. The number of para-hydroxylation sites is 1. The first-order valence-corrected chi connectivity index (χ1v) is 3.94. The summed E-state index contributed by atoms with van der Waals surface area (Å²) >= 11 is 5.80. The van der Waals surface area contributed by atoms with Crippen LogP contribution in [0.1, 0.15) is 10.5 Å². The minimum atomic E-state index is -1.04. The van der Waals surface area contributed by atoms with Crippen molar-refractivity contribution < 1.29 is 9.90 Å². The number of H-pyrrole nitrogens is 1. The fourth-order valence-corrected chi connectivity index (χ4v) is 1.38. The van der Waals surface area contributed by atoms with Crippen molar-refractivity contribution in [3.05, 3.63) is 28.9 Å². The number of carboxylic acids is 1. The number of fused-ring (bicyclic) bond motifs is 1. The van der Waals surface area contributed by atoms with E-state index in [0.29, 0.717) is 15.9 Å². The number of aromatic nitrogens is 2. The van der Waals surface area contributed by atoms with Crippen molar-refractivity contribution in [3.8, 4) is 0 Å². The van der Waals surface area contributed by atoms with Crippen molar-refractivity contribution in [1.82, 2.24) is 10.2 Å². The van der Waals surface area contributed by atoms with Crippen LogP contribution in [0.2, 0.25) is 5.02 Å². The number of rotatable bonds is 1. The van der Waals surface area contributed by atoms with Crippen molar-refractivity contribution in [2.45, 2.75) is 0 Å². The number of nitrogens with one attached hydrogen (secondary N) is 1. The molecule has 1 heterocycles. The lowest BCUT2D eigenvalue weighted by Gasteiger charge is -1.91. The Bertz CT molecular complexity index is 478. The molecule has 0 saturated carbocycles. The average Bonchev–Trinajstić information content (AvgIpc) is 2.48. The third kappa shape index (κ3) is 1.15. The second-order valence-electron chi connectivity index (χ2n) is 2.54. The summed E-state index contributed by atoms with van der Waals surface area (Å²) in [5.41, 5.74) is 0.555. The molecule has 1 aromatic heterocycles. The molecule has 0 bridgehead atoms. The zero-order valence-electron chi connectivity index (χ0n) is 6.41. The van der Waals surface area contributed by atoms with E-state index < -0.39 is 5.97 Å². The highest BCUT2D eigenvalue weighted by Gasteiger charge is 2.12. The normalized spacial score (nSPS) is 10.5. The van der Waals surface area contributed by atoms with E-state index in [2.05, 4.69) is 10.2 Å². The number of carboxylic acid groups (broad SMARTS) is 1. The highest BCUT2D eigenvalue weighted by Crippen LogP contribution is 2.23. The van der Waals surface area contributed by atoms with Gasteiger partial charge in [0, 0.05) is 5.39 Å². The minimum Gasteiger partial charge on any atom is -0.477 e. The van der Waals surface area contributed by atoms with Crippen LogP contribution in [0, 0.1) is 0 Å². The molecule has 2 rings (SSSR count). The maximum absolute atomic E-state index is 10.7. The maximum atomic E-state index is 10.7. The first-order chi connectivity index (χ1) is 6.20. The lowest BCUT2D eigenvalue weighted by Crippen LogP contribution is -1.96. The highest BCUT2D eigenvalue weighted by atomic mass is 35.5. The Labute approximate surface area is 78.1 Å². The molecule has 0 unspecified atom stereocenters. The van der Waals surface area contributed by atoms with E-state index in [1.165, 1.54) is 0 Å². The summed E-state index contributed by atoms with van der Waals surface area (Å²) in [5.74, 6) is -1.04. The number of benzene rings is 1. The molecule has 5 heteroatoms. The van der Waals surface area contributed by atoms with Crippen LogP contribution in [0.5, 0.6) is 0 Å². The van der Waals surface area contributed by atoms with Gasteiger partial charge in [0.05, 0.1) is 5.02 Å². The van der Waals surface area contributed by atoms with Crippen molar-refractivity contribution in [3.63, 3.8) is 0 Å². The summed E-state index contributed by atoms with van der Waals surface area (Å²) in [6, 6.07) is 5.01. The van der Waals surface area contributed by atoms with Gasteiger partial charge in [0.2, 0.25) is 0 Å². The van der Waals surface area contributed by atoms with Crippen molar-refractivity contribution in [2.75, 3.05) is 0 Å². The van der Waals surface area contributed by atoms with E-state index in [4.69, 9.17) is 16.7 Å². The molecule has 0 spiro atoms. The number of aromatic amines is 1. The van der Waals surface area contributed by atoms with Gasteiger partial charge in [0.15, 0.2) is 5.69 Å². The van der Waals surface area contributed by atoms with Gasteiger partial charge in [-0.05, 0) is 6.07 Å². The van der Waals surface area contributed by atoms with E-state index >= 15 is 0 Å². The molecule has 2 N–H and O–H groups in total. The molecule has 0 radical (unpaired) electrons. The quantitative estimate of drug-likeness (QED) is 0.732. The van der Waals surface area contributed by atoms with Crippen LogP contribution in [0.3, 0.4) is 0 Å². The van der Waals surface area contributed by atoms with Crippen LogP contribution >= 0.6 is 11.6 Å².